The van der Waals surface area contributed by atoms with Gasteiger partial charge in [-0.2, -0.15) is 0 Å². The summed E-state index contributed by atoms with van der Waals surface area (Å²) in [5.41, 5.74) is 1.96. The number of H-pyrrole nitrogens is 1. The van der Waals surface area contributed by atoms with Gasteiger partial charge in [0.1, 0.15) is 5.65 Å². The first-order valence-electron chi connectivity index (χ1n) is 6.25. The van der Waals surface area contributed by atoms with Gasteiger partial charge >= 0.3 is 0 Å². The van der Waals surface area contributed by atoms with Crippen LogP contribution in [0.3, 0.4) is 0 Å². The summed E-state index contributed by atoms with van der Waals surface area (Å²) in [5, 5.41) is 7.39. The Hall–Kier alpha value is -1.88. The van der Waals surface area contributed by atoms with Crippen LogP contribution in [0.4, 0.5) is 0 Å². The fraction of sp³-hybridized carbons (Fsp3) is 0.385. The second-order valence-electron chi connectivity index (χ2n) is 4.59. The monoisotopic (exact) mass is 244 g/mol. The second-order valence-corrected chi connectivity index (χ2v) is 4.59. The zero-order valence-corrected chi connectivity index (χ0v) is 10.2. The van der Waals surface area contributed by atoms with Gasteiger partial charge in [-0.3, -0.25) is 10.1 Å². The van der Waals surface area contributed by atoms with Crippen LogP contribution in [0.1, 0.15) is 25.1 Å². The number of carbonyl (C=O) groups excluding carboxylic acids is 1. The third kappa shape index (κ3) is 1.86. The molecule has 2 atom stereocenters. The lowest BCUT2D eigenvalue weighted by Gasteiger charge is -2.29. The lowest BCUT2D eigenvalue weighted by molar-refractivity contribution is -0.125. The predicted octanol–water partition coefficient (Wildman–Crippen LogP) is 1.10. The number of hydrogen-bond donors (Lipinski definition) is 3. The van der Waals surface area contributed by atoms with Crippen LogP contribution >= 0.6 is 0 Å². The van der Waals surface area contributed by atoms with E-state index in [2.05, 4.69) is 26.7 Å². The van der Waals surface area contributed by atoms with Crippen LogP contribution in [-0.4, -0.2) is 28.5 Å². The summed E-state index contributed by atoms with van der Waals surface area (Å²) in [7, 11) is 0. The highest BCUT2D eigenvalue weighted by atomic mass is 16.2. The van der Waals surface area contributed by atoms with Gasteiger partial charge in [0.05, 0.1) is 12.1 Å². The normalized spacial score (nSPS) is 24.2. The molecule has 3 heterocycles. The van der Waals surface area contributed by atoms with Crippen LogP contribution in [0.15, 0.2) is 24.4 Å². The Labute approximate surface area is 105 Å². The minimum atomic E-state index is -0.108. The Morgan fingerprint density at radius 2 is 2.39 bits per heavy atom. The molecule has 0 aliphatic carbocycles. The van der Waals surface area contributed by atoms with Gasteiger partial charge in [-0.05, 0) is 24.6 Å². The first-order valence-corrected chi connectivity index (χ1v) is 6.25. The first kappa shape index (κ1) is 11.2. The average Bonchev–Trinajstić information content (AvgIpc) is 2.83. The topological polar surface area (TPSA) is 69.8 Å². The van der Waals surface area contributed by atoms with Crippen molar-refractivity contribution in [3.63, 3.8) is 0 Å². The van der Waals surface area contributed by atoms with E-state index in [1.54, 1.807) is 6.20 Å². The summed E-state index contributed by atoms with van der Waals surface area (Å²) in [4.78, 5) is 19.2. The number of aromatic nitrogens is 2. The molecule has 3 rings (SSSR count). The van der Waals surface area contributed by atoms with Gasteiger partial charge in [0, 0.05) is 23.8 Å². The van der Waals surface area contributed by atoms with Crippen molar-refractivity contribution in [1.82, 2.24) is 20.6 Å². The zero-order chi connectivity index (χ0) is 12.5. The highest BCUT2D eigenvalue weighted by Crippen LogP contribution is 2.20. The minimum absolute atomic E-state index is 0.0861. The standard InChI is InChI=1S/C13H16N4O/c1-2-9-13(18)15-7-11(16-9)10-6-8-4-3-5-14-12(8)17-10/h3-6,9,11,16H,2,7H2,1H3,(H,14,17)(H,15,18). The van der Waals surface area contributed by atoms with E-state index in [9.17, 15) is 4.79 Å². The second kappa shape index (κ2) is 4.42. The summed E-state index contributed by atoms with van der Waals surface area (Å²) >= 11 is 0. The van der Waals surface area contributed by atoms with Crippen LogP contribution < -0.4 is 10.6 Å². The van der Waals surface area contributed by atoms with E-state index in [4.69, 9.17) is 0 Å². The van der Waals surface area contributed by atoms with Gasteiger partial charge in [0.2, 0.25) is 5.91 Å². The molecule has 0 saturated carbocycles. The van der Waals surface area contributed by atoms with Crippen molar-refractivity contribution in [1.29, 1.82) is 0 Å². The highest BCUT2D eigenvalue weighted by molar-refractivity contribution is 5.83. The molecule has 2 unspecified atom stereocenters. The number of rotatable bonds is 2. The molecule has 3 N–H and O–H groups in total. The van der Waals surface area contributed by atoms with Crippen molar-refractivity contribution in [2.24, 2.45) is 0 Å². The Bertz CT molecular complexity index is 544. The number of carbonyl (C=O) groups is 1. The van der Waals surface area contributed by atoms with Gasteiger partial charge in [-0.15, -0.1) is 0 Å². The van der Waals surface area contributed by atoms with E-state index in [1.807, 2.05) is 19.1 Å². The lowest BCUT2D eigenvalue weighted by atomic mass is 10.1. The minimum Gasteiger partial charge on any atom is -0.353 e. The Morgan fingerprint density at radius 1 is 1.50 bits per heavy atom. The van der Waals surface area contributed by atoms with Crippen LogP contribution in [0.2, 0.25) is 0 Å². The Balaban J connectivity index is 1.88. The molecule has 1 fully saturated rings. The van der Waals surface area contributed by atoms with Crippen molar-refractivity contribution >= 4 is 16.9 Å². The molecule has 1 aliphatic heterocycles. The number of hydrogen-bond acceptors (Lipinski definition) is 3. The van der Waals surface area contributed by atoms with Crippen molar-refractivity contribution < 1.29 is 4.79 Å². The maximum Gasteiger partial charge on any atom is 0.237 e. The molecule has 1 aliphatic rings. The van der Waals surface area contributed by atoms with Crippen molar-refractivity contribution in [2.45, 2.75) is 25.4 Å². The third-order valence-electron chi connectivity index (χ3n) is 3.40. The van der Waals surface area contributed by atoms with Crippen molar-refractivity contribution in [3.8, 4) is 0 Å². The number of aromatic amines is 1. The molecule has 2 aromatic rings. The fourth-order valence-electron chi connectivity index (χ4n) is 2.37. The molecule has 1 amide bonds. The first-order chi connectivity index (χ1) is 8.78. The maximum atomic E-state index is 11.6. The molecule has 5 nitrogen and oxygen atoms in total. The van der Waals surface area contributed by atoms with Crippen LogP contribution in [0.25, 0.3) is 11.0 Å². The van der Waals surface area contributed by atoms with E-state index in [0.717, 1.165) is 23.1 Å². The molecule has 1 saturated heterocycles. The molecule has 5 heteroatoms. The van der Waals surface area contributed by atoms with Crippen LogP contribution in [0, 0.1) is 0 Å². The number of pyridine rings is 1. The summed E-state index contributed by atoms with van der Waals surface area (Å²) in [6.45, 7) is 2.62. The SMILES string of the molecule is CCC1NC(c2cc3cccnc3[nH]2)CNC1=O. The van der Waals surface area contributed by atoms with E-state index < -0.39 is 0 Å². The fourth-order valence-corrected chi connectivity index (χ4v) is 2.37. The number of amides is 1. The van der Waals surface area contributed by atoms with Gasteiger partial charge in [0.15, 0.2) is 0 Å². The number of nitrogens with zero attached hydrogens (tertiary/aromatic N) is 1. The van der Waals surface area contributed by atoms with Crippen LogP contribution in [-0.2, 0) is 4.79 Å². The van der Waals surface area contributed by atoms with Crippen LogP contribution in [0.5, 0.6) is 0 Å². The smallest absolute Gasteiger partial charge is 0.237 e. The van der Waals surface area contributed by atoms with E-state index in [-0.39, 0.29) is 18.0 Å². The van der Waals surface area contributed by atoms with Crippen molar-refractivity contribution in [3.05, 3.63) is 30.1 Å². The molecule has 94 valence electrons. The average molecular weight is 244 g/mol. The Kier molecular flexibility index (Phi) is 2.76. The Morgan fingerprint density at radius 3 is 3.17 bits per heavy atom. The maximum absolute atomic E-state index is 11.6. The molecule has 0 spiro atoms. The summed E-state index contributed by atoms with van der Waals surface area (Å²) < 4.78 is 0. The molecular weight excluding hydrogens is 228 g/mol. The molecule has 2 aromatic heterocycles. The van der Waals surface area contributed by atoms with Gasteiger partial charge in [0.25, 0.3) is 0 Å². The molecule has 18 heavy (non-hydrogen) atoms. The van der Waals surface area contributed by atoms with Gasteiger partial charge < -0.3 is 10.3 Å². The zero-order valence-electron chi connectivity index (χ0n) is 10.2. The molecule has 0 aromatic carbocycles. The van der Waals surface area contributed by atoms with E-state index in [0.29, 0.717) is 6.54 Å². The number of nitrogens with one attached hydrogen (secondary N) is 3. The number of piperazine rings is 1. The lowest BCUT2D eigenvalue weighted by Crippen LogP contribution is -2.54. The summed E-state index contributed by atoms with van der Waals surface area (Å²) in [6, 6.07) is 6.06. The van der Waals surface area contributed by atoms with E-state index >= 15 is 0 Å². The highest BCUT2D eigenvalue weighted by Gasteiger charge is 2.27. The quantitative estimate of drug-likeness (QED) is 0.741. The largest absolute Gasteiger partial charge is 0.353 e. The van der Waals surface area contributed by atoms with E-state index in [1.165, 1.54) is 0 Å². The summed E-state index contributed by atoms with van der Waals surface area (Å²) in [5.74, 6) is 0.0861. The molecular formula is C13H16N4O. The number of fused-ring (bicyclic) bond motifs is 1. The summed E-state index contributed by atoms with van der Waals surface area (Å²) in [6.07, 6.45) is 2.56. The van der Waals surface area contributed by atoms with Gasteiger partial charge in [-0.25, -0.2) is 4.98 Å². The van der Waals surface area contributed by atoms with Crippen molar-refractivity contribution in [2.75, 3.05) is 6.54 Å². The molecule has 0 bridgehead atoms. The molecule has 0 radical (unpaired) electrons. The van der Waals surface area contributed by atoms with Gasteiger partial charge in [-0.1, -0.05) is 6.92 Å². The third-order valence-corrected chi connectivity index (χ3v) is 3.40. The predicted molar refractivity (Wildman–Crippen MR) is 69.1 cm³/mol.